The van der Waals surface area contributed by atoms with Crippen LogP contribution >= 0.6 is 0 Å². The summed E-state index contributed by atoms with van der Waals surface area (Å²) in [6, 6.07) is 11.5. The Labute approximate surface area is 200 Å². The van der Waals surface area contributed by atoms with Crippen molar-refractivity contribution in [3.8, 4) is 11.3 Å². The zero-order valence-corrected chi connectivity index (χ0v) is 20.5. The first-order valence-electron chi connectivity index (χ1n) is 11.6. The highest BCUT2D eigenvalue weighted by atomic mass is 16.6. The number of fused-ring (bicyclic) bond motifs is 1. The predicted molar refractivity (Wildman–Crippen MR) is 134 cm³/mol. The number of nitrogens with one attached hydrogen (secondary N) is 1. The van der Waals surface area contributed by atoms with E-state index in [1.54, 1.807) is 13.2 Å². The van der Waals surface area contributed by atoms with Gasteiger partial charge in [-0.15, -0.1) is 0 Å². The summed E-state index contributed by atoms with van der Waals surface area (Å²) in [4.78, 5) is 33.5. The minimum atomic E-state index is -0.575. The van der Waals surface area contributed by atoms with Crippen LogP contribution in [0.4, 0.5) is 16.2 Å². The number of piperidine rings is 1. The Morgan fingerprint density at radius 3 is 2.59 bits per heavy atom. The molecule has 0 bridgehead atoms. The number of anilines is 2. The third-order valence-corrected chi connectivity index (χ3v) is 6.06. The predicted octanol–water partition coefficient (Wildman–Crippen LogP) is 4.65. The first-order valence-corrected chi connectivity index (χ1v) is 11.6. The van der Waals surface area contributed by atoms with Crippen LogP contribution in [0.15, 0.2) is 48.8 Å². The average molecular weight is 464 g/mol. The molecule has 2 aromatic heterocycles. The zero-order chi connectivity index (χ0) is 24.5. The van der Waals surface area contributed by atoms with Crippen LogP contribution in [-0.2, 0) is 9.53 Å². The van der Waals surface area contributed by atoms with Crippen molar-refractivity contribution in [1.29, 1.82) is 0 Å². The average Bonchev–Trinajstić information content (AvgIpc) is 3.21. The first kappa shape index (κ1) is 23.8. The molecule has 1 aromatic carbocycles. The van der Waals surface area contributed by atoms with Crippen LogP contribution in [0.25, 0.3) is 16.9 Å². The number of hydrogen-bond donors (Lipinski definition) is 1. The van der Waals surface area contributed by atoms with Crippen molar-refractivity contribution < 1.29 is 14.3 Å². The molecule has 8 heteroatoms. The van der Waals surface area contributed by atoms with Gasteiger partial charge in [0.25, 0.3) is 0 Å². The van der Waals surface area contributed by atoms with Gasteiger partial charge < -0.3 is 15.0 Å². The Bertz CT molecular complexity index is 1190. The van der Waals surface area contributed by atoms with E-state index >= 15 is 0 Å². The molecule has 0 atom stereocenters. The van der Waals surface area contributed by atoms with Crippen molar-refractivity contribution in [3.63, 3.8) is 0 Å². The number of likely N-dealkylation sites (tertiary alicyclic amines) is 1. The monoisotopic (exact) mass is 463 g/mol. The molecule has 1 fully saturated rings. The van der Waals surface area contributed by atoms with Crippen LogP contribution in [-0.4, -0.2) is 59.1 Å². The maximum absolute atomic E-state index is 12.8. The van der Waals surface area contributed by atoms with Gasteiger partial charge in [-0.1, -0.05) is 12.1 Å². The quantitative estimate of drug-likeness (QED) is 0.609. The summed E-state index contributed by atoms with van der Waals surface area (Å²) in [6.07, 6.45) is 5.00. The molecule has 1 N–H and O–H groups in total. The molecule has 4 rings (SSSR count). The fourth-order valence-corrected chi connectivity index (χ4v) is 4.09. The van der Waals surface area contributed by atoms with E-state index in [2.05, 4.69) is 22.2 Å². The van der Waals surface area contributed by atoms with Gasteiger partial charge in [-0.2, -0.15) is 0 Å². The molecule has 1 aliphatic heterocycles. The maximum Gasteiger partial charge on any atom is 0.414 e. The van der Waals surface area contributed by atoms with Crippen LogP contribution in [0.5, 0.6) is 0 Å². The Kier molecular flexibility index (Phi) is 6.61. The summed E-state index contributed by atoms with van der Waals surface area (Å²) in [7, 11) is 3.77. The summed E-state index contributed by atoms with van der Waals surface area (Å²) >= 11 is 0. The Balaban J connectivity index is 1.56. The fraction of sp³-hybridized carbons (Fsp3) is 0.423. The molecule has 34 heavy (non-hydrogen) atoms. The normalized spacial score (nSPS) is 15.3. The second-order valence-corrected chi connectivity index (χ2v) is 9.95. The number of aromatic nitrogens is 2. The van der Waals surface area contributed by atoms with E-state index in [1.165, 1.54) is 4.90 Å². The molecule has 1 saturated heterocycles. The van der Waals surface area contributed by atoms with Crippen molar-refractivity contribution in [3.05, 3.63) is 48.8 Å². The highest BCUT2D eigenvalue weighted by Crippen LogP contribution is 2.27. The number of carbonyl (C=O) groups excluding carboxylic acids is 2. The van der Waals surface area contributed by atoms with E-state index in [1.807, 2.05) is 67.8 Å². The number of benzene rings is 1. The summed E-state index contributed by atoms with van der Waals surface area (Å²) in [5.41, 5.74) is 3.42. The van der Waals surface area contributed by atoms with Gasteiger partial charge in [0.05, 0.1) is 17.6 Å². The van der Waals surface area contributed by atoms with Crippen molar-refractivity contribution in [2.24, 2.45) is 5.92 Å². The molecule has 8 nitrogen and oxygen atoms in total. The number of nitrogens with zero attached hydrogens (tertiary/aromatic N) is 4. The number of rotatable bonds is 4. The summed E-state index contributed by atoms with van der Waals surface area (Å²) in [6.45, 7) is 7.41. The second-order valence-electron chi connectivity index (χ2n) is 9.95. The Hall–Kier alpha value is -3.39. The molecule has 0 aliphatic carbocycles. The minimum Gasteiger partial charge on any atom is -0.443 e. The maximum atomic E-state index is 12.8. The summed E-state index contributed by atoms with van der Waals surface area (Å²) in [5.74, 6) is 0.117. The summed E-state index contributed by atoms with van der Waals surface area (Å²) < 4.78 is 7.43. The van der Waals surface area contributed by atoms with Crippen LogP contribution in [0, 0.1) is 5.92 Å². The summed E-state index contributed by atoms with van der Waals surface area (Å²) in [5, 5.41) is 3.09. The number of hydrogen-bond acceptors (Lipinski definition) is 5. The topological polar surface area (TPSA) is 79.2 Å². The van der Waals surface area contributed by atoms with Crippen molar-refractivity contribution in [2.75, 3.05) is 37.4 Å². The lowest BCUT2D eigenvalue weighted by atomic mass is 9.96. The molecule has 3 heterocycles. The molecular formula is C26H33N5O3. The van der Waals surface area contributed by atoms with Gasteiger partial charge >= 0.3 is 6.09 Å². The van der Waals surface area contributed by atoms with Gasteiger partial charge in [0.1, 0.15) is 11.2 Å². The number of carbonyl (C=O) groups is 2. The van der Waals surface area contributed by atoms with Gasteiger partial charge in [-0.25, -0.2) is 9.78 Å². The van der Waals surface area contributed by atoms with Gasteiger partial charge in [0.2, 0.25) is 5.91 Å². The largest absolute Gasteiger partial charge is 0.443 e. The SMILES string of the molecule is CN1CCC(C(=O)Nc2cccc(-c3cnc4ccc(N(C)C(=O)OC(C)(C)C)cn34)c2)CC1. The first-order chi connectivity index (χ1) is 16.1. The lowest BCUT2D eigenvalue weighted by Gasteiger charge is -2.28. The highest BCUT2D eigenvalue weighted by Gasteiger charge is 2.24. The molecule has 2 amide bonds. The molecule has 1 aliphatic rings. The third-order valence-electron chi connectivity index (χ3n) is 6.06. The number of amides is 2. The fourth-order valence-electron chi connectivity index (χ4n) is 4.09. The number of ether oxygens (including phenoxy) is 1. The third kappa shape index (κ3) is 5.39. The number of imidazole rings is 1. The van der Waals surface area contributed by atoms with E-state index in [9.17, 15) is 9.59 Å². The zero-order valence-electron chi connectivity index (χ0n) is 20.5. The smallest absolute Gasteiger partial charge is 0.414 e. The van der Waals surface area contributed by atoms with Crippen LogP contribution in [0.2, 0.25) is 0 Å². The van der Waals surface area contributed by atoms with Crippen LogP contribution < -0.4 is 10.2 Å². The molecule has 0 spiro atoms. The van der Waals surface area contributed by atoms with E-state index in [-0.39, 0.29) is 11.8 Å². The van der Waals surface area contributed by atoms with E-state index in [0.717, 1.165) is 48.5 Å². The molecule has 0 unspecified atom stereocenters. The molecule has 3 aromatic rings. The number of pyridine rings is 1. The Morgan fingerprint density at radius 1 is 1.15 bits per heavy atom. The van der Waals surface area contributed by atoms with E-state index in [0.29, 0.717) is 5.69 Å². The van der Waals surface area contributed by atoms with Crippen LogP contribution in [0.1, 0.15) is 33.6 Å². The van der Waals surface area contributed by atoms with Crippen molar-refractivity contribution >= 4 is 29.0 Å². The highest BCUT2D eigenvalue weighted by molar-refractivity contribution is 5.93. The lowest BCUT2D eigenvalue weighted by molar-refractivity contribution is -0.121. The second kappa shape index (κ2) is 9.46. The van der Waals surface area contributed by atoms with Crippen molar-refractivity contribution in [1.82, 2.24) is 14.3 Å². The van der Waals surface area contributed by atoms with Crippen LogP contribution in [0.3, 0.4) is 0 Å². The van der Waals surface area contributed by atoms with Gasteiger partial charge in [-0.3, -0.25) is 14.1 Å². The van der Waals surface area contributed by atoms with Gasteiger partial charge in [0, 0.05) is 30.4 Å². The van der Waals surface area contributed by atoms with Gasteiger partial charge in [-0.05, 0) is 78.0 Å². The lowest BCUT2D eigenvalue weighted by Crippen LogP contribution is -2.35. The molecular weight excluding hydrogens is 430 g/mol. The van der Waals surface area contributed by atoms with Gasteiger partial charge in [0.15, 0.2) is 0 Å². The van der Waals surface area contributed by atoms with E-state index < -0.39 is 11.7 Å². The van der Waals surface area contributed by atoms with Crippen molar-refractivity contribution in [2.45, 2.75) is 39.2 Å². The minimum absolute atomic E-state index is 0.0432. The Morgan fingerprint density at radius 2 is 1.88 bits per heavy atom. The standard InChI is InChI=1S/C26H33N5O3/c1-26(2,3)34-25(33)30(5)21-9-10-23-27-16-22(31(23)17-21)19-7-6-8-20(15-19)28-24(32)18-11-13-29(4)14-12-18/h6-10,15-18H,11-14H2,1-5H3,(H,28,32). The molecule has 0 saturated carbocycles. The molecule has 180 valence electrons. The molecule has 0 radical (unpaired) electrons. The van der Waals surface area contributed by atoms with E-state index in [4.69, 9.17) is 4.74 Å².